The molecule has 26 heavy (non-hydrogen) atoms. The summed E-state index contributed by atoms with van der Waals surface area (Å²) < 4.78 is 44.0. The Morgan fingerprint density at radius 3 is 2.73 bits per heavy atom. The molecule has 2 aromatic carbocycles. The molecule has 1 heterocycles. The van der Waals surface area contributed by atoms with Crippen LogP contribution in [0.25, 0.3) is 11.0 Å². The number of H-pyrrole nitrogens is 1. The monoisotopic (exact) mass is 363 g/mol. The molecular formula is C18H16F3N3O2. The van der Waals surface area contributed by atoms with Crippen molar-refractivity contribution in [3.63, 3.8) is 0 Å². The number of rotatable bonds is 5. The molecule has 3 aromatic rings. The van der Waals surface area contributed by atoms with Crippen LogP contribution in [0.5, 0.6) is 0 Å². The maximum Gasteiger partial charge on any atom is 0.416 e. The molecule has 0 spiro atoms. The van der Waals surface area contributed by atoms with Crippen LogP contribution in [0.15, 0.2) is 42.5 Å². The fraction of sp³-hybridized carbons (Fsp3) is 0.222. The zero-order valence-electron chi connectivity index (χ0n) is 13.9. The number of halogens is 3. The number of benzene rings is 2. The number of hydrogen-bond donors (Lipinski definition) is 2. The van der Waals surface area contributed by atoms with Gasteiger partial charge in [0.1, 0.15) is 0 Å². The number of carbonyl (C=O) groups excluding carboxylic acids is 1. The van der Waals surface area contributed by atoms with Gasteiger partial charge in [-0.25, -0.2) is 9.78 Å². The van der Waals surface area contributed by atoms with E-state index in [1.54, 1.807) is 31.2 Å². The maximum absolute atomic E-state index is 13.0. The molecule has 0 aliphatic carbocycles. The molecule has 0 aliphatic heterocycles. The van der Waals surface area contributed by atoms with E-state index in [0.29, 0.717) is 22.5 Å². The van der Waals surface area contributed by atoms with Gasteiger partial charge < -0.3 is 15.0 Å². The topological polar surface area (TPSA) is 67.0 Å². The third-order valence-corrected chi connectivity index (χ3v) is 3.76. The van der Waals surface area contributed by atoms with Crippen LogP contribution >= 0.6 is 0 Å². The number of aromatic amines is 1. The molecule has 8 heteroatoms. The van der Waals surface area contributed by atoms with Gasteiger partial charge >= 0.3 is 12.1 Å². The standard InChI is InChI=1S/C18H16F3N3O2/c1-2-26-16(25)11-7-8-14-15(9-11)24-17(23-14)22-10-12-5-3-4-6-13(12)18(19,20)21/h3-9H,2,10H2,1H3,(H2,22,23,24). The Morgan fingerprint density at radius 1 is 1.23 bits per heavy atom. The molecule has 0 fully saturated rings. The first-order valence-electron chi connectivity index (χ1n) is 7.94. The number of nitrogens with zero attached hydrogens (tertiary/aromatic N) is 1. The number of alkyl halides is 3. The van der Waals surface area contributed by atoms with Gasteiger partial charge in [0.2, 0.25) is 5.95 Å². The predicted molar refractivity (Wildman–Crippen MR) is 90.8 cm³/mol. The summed E-state index contributed by atoms with van der Waals surface area (Å²) in [6, 6.07) is 10.2. The van der Waals surface area contributed by atoms with Crippen molar-refractivity contribution in [1.29, 1.82) is 0 Å². The van der Waals surface area contributed by atoms with Gasteiger partial charge in [-0.3, -0.25) is 0 Å². The van der Waals surface area contributed by atoms with Gasteiger partial charge in [0.15, 0.2) is 0 Å². The Bertz CT molecular complexity index is 935. The summed E-state index contributed by atoms with van der Waals surface area (Å²) in [5.41, 5.74) is 0.977. The lowest BCUT2D eigenvalue weighted by Crippen LogP contribution is -2.12. The summed E-state index contributed by atoms with van der Waals surface area (Å²) >= 11 is 0. The Hall–Kier alpha value is -3.03. The zero-order valence-corrected chi connectivity index (χ0v) is 13.9. The Labute approximate surface area is 147 Å². The van der Waals surface area contributed by atoms with Gasteiger partial charge in [0, 0.05) is 6.54 Å². The Balaban J connectivity index is 1.79. The first kappa shape index (κ1) is 17.8. The van der Waals surface area contributed by atoms with Gasteiger partial charge in [-0.1, -0.05) is 18.2 Å². The highest BCUT2D eigenvalue weighted by Gasteiger charge is 2.32. The summed E-state index contributed by atoms with van der Waals surface area (Å²) in [5.74, 6) is -0.129. The van der Waals surface area contributed by atoms with E-state index in [1.807, 2.05) is 0 Å². The molecule has 0 radical (unpaired) electrons. The number of carbonyl (C=O) groups is 1. The van der Waals surface area contributed by atoms with Crippen molar-refractivity contribution >= 4 is 23.0 Å². The molecule has 0 aliphatic rings. The summed E-state index contributed by atoms with van der Waals surface area (Å²) in [7, 11) is 0. The molecule has 0 atom stereocenters. The van der Waals surface area contributed by atoms with Crippen molar-refractivity contribution in [1.82, 2.24) is 9.97 Å². The number of imidazole rings is 1. The van der Waals surface area contributed by atoms with Crippen LogP contribution in [-0.4, -0.2) is 22.5 Å². The van der Waals surface area contributed by atoms with Crippen LogP contribution < -0.4 is 5.32 Å². The number of fused-ring (bicyclic) bond motifs is 1. The average Bonchev–Trinajstić information content (AvgIpc) is 3.01. The molecule has 0 amide bonds. The van der Waals surface area contributed by atoms with Crippen molar-refractivity contribution in [3.05, 3.63) is 59.2 Å². The number of hydrogen-bond acceptors (Lipinski definition) is 4. The van der Waals surface area contributed by atoms with Gasteiger partial charge in [0.05, 0.1) is 28.8 Å². The van der Waals surface area contributed by atoms with E-state index in [2.05, 4.69) is 15.3 Å². The highest BCUT2D eigenvalue weighted by atomic mass is 19.4. The van der Waals surface area contributed by atoms with Crippen molar-refractivity contribution in [3.8, 4) is 0 Å². The third kappa shape index (κ3) is 3.79. The van der Waals surface area contributed by atoms with E-state index in [0.717, 1.165) is 6.07 Å². The minimum absolute atomic E-state index is 0.0414. The first-order valence-corrected chi connectivity index (χ1v) is 7.94. The van der Waals surface area contributed by atoms with Crippen LogP contribution in [0.3, 0.4) is 0 Å². The molecule has 2 N–H and O–H groups in total. The van der Waals surface area contributed by atoms with Crippen molar-refractivity contribution < 1.29 is 22.7 Å². The molecule has 1 aromatic heterocycles. The minimum atomic E-state index is -4.42. The second-order valence-electron chi connectivity index (χ2n) is 5.55. The molecule has 5 nitrogen and oxygen atoms in total. The van der Waals surface area contributed by atoms with Crippen LogP contribution in [0.4, 0.5) is 19.1 Å². The molecule has 3 rings (SSSR count). The molecule has 0 saturated heterocycles. The summed E-state index contributed by atoms with van der Waals surface area (Å²) in [6.07, 6.45) is -4.42. The SMILES string of the molecule is CCOC(=O)c1ccc2nc(NCc3ccccc3C(F)(F)F)[nH]c2c1. The largest absolute Gasteiger partial charge is 0.462 e. The van der Waals surface area contributed by atoms with Crippen molar-refractivity contribution in [2.75, 3.05) is 11.9 Å². The predicted octanol–water partition coefficient (Wildman–Crippen LogP) is 4.37. The number of anilines is 1. The van der Waals surface area contributed by atoms with E-state index in [-0.39, 0.29) is 18.7 Å². The highest BCUT2D eigenvalue weighted by molar-refractivity contribution is 5.94. The molecule has 136 valence electrons. The second kappa shape index (κ2) is 7.07. The van der Waals surface area contributed by atoms with Crippen LogP contribution in [0.1, 0.15) is 28.4 Å². The highest BCUT2D eigenvalue weighted by Crippen LogP contribution is 2.32. The Morgan fingerprint density at radius 2 is 2.00 bits per heavy atom. The third-order valence-electron chi connectivity index (χ3n) is 3.76. The van der Waals surface area contributed by atoms with Gasteiger partial charge in [-0.05, 0) is 36.8 Å². The summed E-state index contributed by atoms with van der Waals surface area (Å²) in [4.78, 5) is 19.0. The average molecular weight is 363 g/mol. The van der Waals surface area contributed by atoms with Crippen molar-refractivity contribution in [2.45, 2.75) is 19.6 Å². The number of nitrogens with one attached hydrogen (secondary N) is 2. The smallest absolute Gasteiger partial charge is 0.416 e. The summed E-state index contributed by atoms with van der Waals surface area (Å²) in [5, 5.41) is 2.85. The molecule has 0 bridgehead atoms. The van der Waals surface area contributed by atoms with Crippen LogP contribution in [-0.2, 0) is 17.5 Å². The normalized spacial score (nSPS) is 11.5. The fourth-order valence-corrected chi connectivity index (χ4v) is 2.56. The van der Waals surface area contributed by atoms with Crippen molar-refractivity contribution in [2.24, 2.45) is 0 Å². The van der Waals surface area contributed by atoms with E-state index >= 15 is 0 Å². The number of ether oxygens (including phenoxy) is 1. The lowest BCUT2D eigenvalue weighted by molar-refractivity contribution is -0.138. The van der Waals surface area contributed by atoms with E-state index < -0.39 is 17.7 Å². The number of esters is 1. The van der Waals surface area contributed by atoms with Gasteiger partial charge in [-0.15, -0.1) is 0 Å². The molecular weight excluding hydrogens is 347 g/mol. The van der Waals surface area contributed by atoms with Gasteiger partial charge in [0.25, 0.3) is 0 Å². The molecule has 0 unspecified atom stereocenters. The second-order valence-corrected chi connectivity index (χ2v) is 5.55. The molecule has 0 saturated carbocycles. The van der Waals surface area contributed by atoms with Crippen LogP contribution in [0.2, 0.25) is 0 Å². The van der Waals surface area contributed by atoms with Gasteiger partial charge in [-0.2, -0.15) is 13.2 Å². The van der Waals surface area contributed by atoms with E-state index in [9.17, 15) is 18.0 Å². The maximum atomic E-state index is 13.0. The van der Waals surface area contributed by atoms with E-state index in [1.165, 1.54) is 12.1 Å². The quantitative estimate of drug-likeness (QED) is 0.661. The minimum Gasteiger partial charge on any atom is -0.462 e. The first-order chi connectivity index (χ1) is 12.4. The zero-order chi connectivity index (χ0) is 18.7. The lowest BCUT2D eigenvalue weighted by atomic mass is 10.1. The Kier molecular flexibility index (Phi) is 4.83. The summed E-state index contributed by atoms with van der Waals surface area (Å²) in [6.45, 7) is 1.94. The number of aromatic nitrogens is 2. The van der Waals surface area contributed by atoms with E-state index in [4.69, 9.17) is 4.74 Å². The lowest BCUT2D eigenvalue weighted by Gasteiger charge is -2.12. The fourth-order valence-electron chi connectivity index (χ4n) is 2.56. The van der Waals surface area contributed by atoms with Crippen LogP contribution in [0, 0.1) is 0 Å².